The molecule has 2 heteroatoms. The van der Waals surface area contributed by atoms with Gasteiger partial charge in [-0.2, -0.15) is 0 Å². The Kier molecular flexibility index (Phi) is 3.94. The van der Waals surface area contributed by atoms with Crippen LogP contribution in [-0.4, -0.2) is 11.7 Å². The van der Waals surface area contributed by atoms with Crippen molar-refractivity contribution >= 4 is 17.4 Å². The van der Waals surface area contributed by atoms with Crippen molar-refractivity contribution in [1.82, 2.24) is 0 Å². The van der Waals surface area contributed by atoms with E-state index in [9.17, 15) is 4.79 Å². The summed E-state index contributed by atoms with van der Waals surface area (Å²) in [7, 11) is 0. The Labute approximate surface area is 106 Å². The molecule has 0 amide bonds. The molecule has 2 aromatic rings. The maximum Gasteiger partial charge on any atom is 0.164 e. The third kappa shape index (κ3) is 2.95. The van der Waals surface area contributed by atoms with Crippen LogP contribution in [0, 0.1) is 0 Å². The molecule has 0 aliphatic carbocycles. The summed E-state index contributed by atoms with van der Waals surface area (Å²) in [5, 5.41) is 0. The lowest BCUT2D eigenvalue weighted by Gasteiger charge is -2.03. The number of carbonyl (C=O) groups excluding carboxylic acids is 1. The molecule has 0 N–H and O–H groups in total. The Balaban J connectivity index is 2.22. The lowest BCUT2D eigenvalue weighted by molar-refractivity contribution is 0.0989. The first-order valence-corrected chi connectivity index (χ1v) is 6.09. The van der Waals surface area contributed by atoms with E-state index >= 15 is 0 Å². The third-order valence-electron chi connectivity index (χ3n) is 2.64. The van der Waals surface area contributed by atoms with Gasteiger partial charge in [-0.3, -0.25) is 4.79 Å². The van der Waals surface area contributed by atoms with Gasteiger partial charge in [0.25, 0.3) is 0 Å². The minimum atomic E-state index is 0.0969. The van der Waals surface area contributed by atoms with Crippen molar-refractivity contribution in [2.75, 3.05) is 5.88 Å². The van der Waals surface area contributed by atoms with Gasteiger partial charge in [0.15, 0.2) is 5.78 Å². The van der Waals surface area contributed by atoms with Gasteiger partial charge in [0, 0.05) is 17.9 Å². The van der Waals surface area contributed by atoms with E-state index in [4.69, 9.17) is 11.6 Å². The maximum atomic E-state index is 11.6. The van der Waals surface area contributed by atoms with Gasteiger partial charge in [0.1, 0.15) is 0 Å². The van der Waals surface area contributed by atoms with E-state index in [1.54, 1.807) is 0 Å². The van der Waals surface area contributed by atoms with Gasteiger partial charge >= 0.3 is 0 Å². The molecule has 2 rings (SSSR count). The van der Waals surface area contributed by atoms with E-state index < -0.39 is 0 Å². The van der Waals surface area contributed by atoms with E-state index in [-0.39, 0.29) is 5.78 Å². The number of carbonyl (C=O) groups is 1. The second-order valence-corrected chi connectivity index (χ2v) is 4.18. The molecule has 17 heavy (non-hydrogen) atoms. The number of hydrogen-bond acceptors (Lipinski definition) is 1. The normalized spacial score (nSPS) is 10.2. The molecule has 0 saturated carbocycles. The lowest BCUT2D eigenvalue weighted by atomic mass is 10.0. The number of benzene rings is 2. The van der Waals surface area contributed by atoms with Crippen LogP contribution in [0.3, 0.4) is 0 Å². The number of ketones is 1. The van der Waals surface area contributed by atoms with Crippen LogP contribution >= 0.6 is 11.6 Å². The zero-order chi connectivity index (χ0) is 12.1. The number of halogens is 1. The van der Waals surface area contributed by atoms with Gasteiger partial charge in [-0.1, -0.05) is 54.6 Å². The SMILES string of the molecule is O=C(CCCl)c1ccc(-c2ccccc2)cc1. The number of rotatable bonds is 4. The molecule has 2 aromatic carbocycles. The quantitative estimate of drug-likeness (QED) is 0.583. The fraction of sp³-hybridized carbons (Fsp3) is 0.133. The average Bonchev–Trinajstić information content (AvgIpc) is 2.40. The summed E-state index contributed by atoms with van der Waals surface area (Å²) in [6, 6.07) is 17.7. The van der Waals surface area contributed by atoms with Gasteiger partial charge < -0.3 is 0 Å². The van der Waals surface area contributed by atoms with Crippen LogP contribution in [0.1, 0.15) is 16.8 Å². The summed E-state index contributed by atoms with van der Waals surface area (Å²) in [6.45, 7) is 0. The highest BCUT2D eigenvalue weighted by Crippen LogP contribution is 2.19. The van der Waals surface area contributed by atoms with Crippen LogP contribution in [0.5, 0.6) is 0 Å². The predicted octanol–water partition coefficient (Wildman–Crippen LogP) is 4.17. The van der Waals surface area contributed by atoms with E-state index in [0.717, 1.165) is 16.7 Å². The van der Waals surface area contributed by atoms with Gasteiger partial charge in [-0.25, -0.2) is 0 Å². The molecule has 1 nitrogen and oxygen atoms in total. The zero-order valence-electron chi connectivity index (χ0n) is 9.40. The topological polar surface area (TPSA) is 17.1 Å². The molecule has 0 fully saturated rings. The first-order chi connectivity index (χ1) is 8.31. The highest BCUT2D eigenvalue weighted by Gasteiger charge is 2.04. The molecule has 0 aromatic heterocycles. The monoisotopic (exact) mass is 244 g/mol. The van der Waals surface area contributed by atoms with Crippen molar-refractivity contribution in [1.29, 1.82) is 0 Å². The Morgan fingerprint density at radius 3 is 2.06 bits per heavy atom. The van der Waals surface area contributed by atoms with Crippen LogP contribution in [-0.2, 0) is 0 Å². The van der Waals surface area contributed by atoms with Crippen molar-refractivity contribution in [3.63, 3.8) is 0 Å². The standard InChI is InChI=1S/C15H13ClO/c16-11-10-15(17)14-8-6-13(7-9-14)12-4-2-1-3-5-12/h1-9H,10-11H2. The molecule has 86 valence electrons. The minimum Gasteiger partial charge on any atom is -0.294 e. The summed E-state index contributed by atoms with van der Waals surface area (Å²) in [5.41, 5.74) is 3.00. The fourth-order valence-electron chi connectivity index (χ4n) is 1.71. The molecular formula is C15H13ClO. The third-order valence-corrected chi connectivity index (χ3v) is 2.82. The van der Waals surface area contributed by atoms with Crippen molar-refractivity contribution in [3.8, 4) is 11.1 Å². The number of hydrogen-bond donors (Lipinski definition) is 0. The van der Waals surface area contributed by atoms with Gasteiger partial charge in [-0.15, -0.1) is 11.6 Å². The van der Waals surface area contributed by atoms with Crippen LogP contribution in [0.15, 0.2) is 54.6 Å². The molecular weight excluding hydrogens is 232 g/mol. The molecule has 0 bridgehead atoms. The molecule has 0 saturated heterocycles. The van der Waals surface area contributed by atoms with Crippen molar-refractivity contribution in [2.24, 2.45) is 0 Å². The predicted molar refractivity (Wildman–Crippen MR) is 71.5 cm³/mol. The minimum absolute atomic E-state index is 0.0969. The number of Topliss-reactive ketones (excluding diaryl/α,β-unsaturated/α-hetero) is 1. The highest BCUT2D eigenvalue weighted by molar-refractivity contribution is 6.19. The Bertz CT molecular complexity index is 488. The summed E-state index contributed by atoms with van der Waals surface area (Å²) >= 11 is 5.55. The first-order valence-electron chi connectivity index (χ1n) is 5.56. The zero-order valence-corrected chi connectivity index (χ0v) is 10.2. The van der Waals surface area contributed by atoms with E-state index in [1.807, 2.05) is 42.5 Å². The largest absolute Gasteiger partial charge is 0.294 e. The van der Waals surface area contributed by atoms with Crippen LogP contribution in [0.2, 0.25) is 0 Å². The molecule has 0 radical (unpaired) electrons. The summed E-state index contributed by atoms with van der Waals surface area (Å²) in [4.78, 5) is 11.6. The summed E-state index contributed by atoms with van der Waals surface area (Å²) in [5.74, 6) is 0.471. The van der Waals surface area contributed by atoms with Gasteiger partial charge in [0.05, 0.1) is 0 Å². The summed E-state index contributed by atoms with van der Waals surface area (Å²) < 4.78 is 0. The summed E-state index contributed by atoms with van der Waals surface area (Å²) in [6.07, 6.45) is 0.395. The van der Waals surface area contributed by atoms with Gasteiger partial charge in [-0.05, 0) is 11.1 Å². The van der Waals surface area contributed by atoms with Gasteiger partial charge in [0.2, 0.25) is 0 Å². The van der Waals surface area contributed by atoms with Crippen molar-refractivity contribution < 1.29 is 4.79 Å². The van der Waals surface area contributed by atoms with Crippen LogP contribution in [0.4, 0.5) is 0 Å². The molecule has 0 spiro atoms. The maximum absolute atomic E-state index is 11.6. The van der Waals surface area contributed by atoms with Crippen LogP contribution in [0.25, 0.3) is 11.1 Å². The Morgan fingerprint density at radius 2 is 1.47 bits per heavy atom. The van der Waals surface area contributed by atoms with Crippen LogP contribution < -0.4 is 0 Å². The number of alkyl halides is 1. The van der Waals surface area contributed by atoms with Crippen molar-refractivity contribution in [3.05, 3.63) is 60.2 Å². The Hall–Kier alpha value is -1.60. The van der Waals surface area contributed by atoms with E-state index in [1.165, 1.54) is 0 Å². The molecule has 0 heterocycles. The smallest absolute Gasteiger partial charge is 0.164 e. The average molecular weight is 245 g/mol. The Morgan fingerprint density at radius 1 is 0.882 bits per heavy atom. The van der Waals surface area contributed by atoms with E-state index in [2.05, 4.69) is 12.1 Å². The lowest BCUT2D eigenvalue weighted by Crippen LogP contribution is -1.99. The van der Waals surface area contributed by atoms with Crippen molar-refractivity contribution in [2.45, 2.75) is 6.42 Å². The second kappa shape index (κ2) is 5.65. The molecule has 0 aliphatic heterocycles. The fourth-order valence-corrected chi connectivity index (χ4v) is 1.88. The molecule has 0 unspecified atom stereocenters. The first kappa shape index (κ1) is 11.9. The molecule has 0 aliphatic rings. The second-order valence-electron chi connectivity index (χ2n) is 3.81. The highest BCUT2D eigenvalue weighted by atomic mass is 35.5. The van der Waals surface area contributed by atoms with E-state index in [0.29, 0.717) is 12.3 Å². The molecule has 0 atom stereocenters.